The van der Waals surface area contributed by atoms with Crippen LogP contribution < -0.4 is 11.3 Å². The molecule has 0 amide bonds. The summed E-state index contributed by atoms with van der Waals surface area (Å²) in [6.07, 6.45) is 1.68. The molecule has 0 spiro atoms. The lowest BCUT2D eigenvalue weighted by molar-refractivity contribution is -0.127. The lowest BCUT2D eigenvalue weighted by Gasteiger charge is -2.42. The number of nitrogens with two attached hydrogens (primary N) is 1. The predicted molar refractivity (Wildman–Crippen MR) is 73.8 cm³/mol. The SMILES string of the molecule is CCOC1(C(NN)c2ccc(Cl)s2)CCOCC1. The van der Waals surface area contributed by atoms with Gasteiger partial charge in [-0.05, 0) is 19.1 Å². The van der Waals surface area contributed by atoms with E-state index in [1.807, 2.05) is 19.1 Å². The van der Waals surface area contributed by atoms with E-state index in [1.54, 1.807) is 11.3 Å². The second kappa shape index (κ2) is 6.32. The number of thiophene rings is 1. The molecule has 18 heavy (non-hydrogen) atoms. The standard InChI is InChI=1S/C12H19ClN2O2S/c1-2-17-12(5-7-16-8-6-12)11(15-14)9-3-4-10(13)18-9/h3-4,11,15H,2,5-8,14H2,1H3. The van der Waals surface area contributed by atoms with Crippen molar-refractivity contribution in [2.75, 3.05) is 19.8 Å². The maximum absolute atomic E-state index is 6.03. The molecule has 0 radical (unpaired) electrons. The van der Waals surface area contributed by atoms with E-state index < -0.39 is 0 Å². The van der Waals surface area contributed by atoms with Crippen LogP contribution in [0.15, 0.2) is 12.1 Å². The van der Waals surface area contributed by atoms with Crippen LogP contribution in [0.4, 0.5) is 0 Å². The number of halogens is 1. The highest BCUT2D eigenvalue weighted by molar-refractivity contribution is 7.16. The number of rotatable bonds is 5. The minimum absolute atomic E-state index is 0.0427. The van der Waals surface area contributed by atoms with Gasteiger partial charge in [-0.3, -0.25) is 5.84 Å². The molecular formula is C12H19ClN2O2S. The van der Waals surface area contributed by atoms with Gasteiger partial charge in [-0.2, -0.15) is 0 Å². The monoisotopic (exact) mass is 290 g/mol. The first-order valence-corrected chi connectivity index (χ1v) is 7.34. The zero-order valence-electron chi connectivity index (χ0n) is 10.4. The third-order valence-corrected chi connectivity index (χ3v) is 4.64. The third-order valence-electron chi connectivity index (χ3n) is 3.34. The highest BCUT2D eigenvalue weighted by Gasteiger charge is 2.42. The van der Waals surface area contributed by atoms with Gasteiger partial charge in [0.25, 0.3) is 0 Å². The van der Waals surface area contributed by atoms with Crippen LogP contribution in [0.25, 0.3) is 0 Å². The van der Waals surface area contributed by atoms with Crippen molar-refractivity contribution in [1.82, 2.24) is 5.43 Å². The summed E-state index contributed by atoms with van der Waals surface area (Å²) in [4.78, 5) is 1.11. The van der Waals surface area contributed by atoms with Crippen LogP contribution in [0.1, 0.15) is 30.7 Å². The van der Waals surface area contributed by atoms with Crippen LogP contribution in [0.2, 0.25) is 4.34 Å². The first-order chi connectivity index (χ1) is 8.72. The van der Waals surface area contributed by atoms with Crippen molar-refractivity contribution in [2.45, 2.75) is 31.4 Å². The van der Waals surface area contributed by atoms with Gasteiger partial charge in [0, 0.05) is 37.5 Å². The summed E-state index contributed by atoms with van der Waals surface area (Å²) < 4.78 is 12.2. The van der Waals surface area contributed by atoms with Crippen molar-refractivity contribution in [3.63, 3.8) is 0 Å². The Bertz CT molecular complexity index is 374. The Morgan fingerprint density at radius 1 is 1.56 bits per heavy atom. The molecule has 2 rings (SSSR count). The predicted octanol–water partition coefficient (Wildman–Crippen LogP) is 2.49. The number of hydrogen-bond donors (Lipinski definition) is 2. The van der Waals surface area contributed by atoms with E-state index in [2.05, 4.69) is 5.43 Å². The van der Waals surface area contributed by atoms with Crippen molar-refractivity contribution in [3.8, 4) is 0 Å². The van der Waals surface area contributed by atoms with Crippen LogP contribution in [0, 0.1) is 0 Å². The largest absolute Gasteiger partial charge is 0.381 e. The Morgan fingerprint density at radius 3 is 2.78 bits per heavy atom. The van der Waals surface area contributed by atoms with E-state index in [1.165, 1.54) is 0 Å². The molecule has 6 heteroatoms. The molecule has 0 saturated carbocycles. The van der Waals surface area contributed by atoms with Crippen molar-refractivity contribution in [3.05, 3.63) is 21.3 Å². The summed E-state index contributed by atoms with van der Waals surface area (Å²) in [5, 5.41) is 0. The number of ether oxygens (including phenoxy) is 2. The Morgan fingerprint density at radius 2 is 2.28 bits per heavy atom. The smallest absolute Gasteiger partial charge is 0.0940 e. The number of nitrogens with one attached hydrogen (secondary N) is 1. The molecule has 1 atom stereocenters. The molecule has 1 aromatic rings. The van der Waals surface area contributed by atoms with Crippen LogP contribution in [-0.2, 0) is 9.47 Å². The average Bonchev–Trinajstić information content (AvgIpc) is 2.78. The first kappa shape index (κ1) is 14.2. The summed E-state index contributed by atoms with van der Waals surface area (Å²) in [5.41, 5.74) is 2.60. The van der Waals surface area contributed by atoms with Crippen LogP contribution in [0.5, 0.6) is 0 Å². The maximum atomic E-state index is 6.03. The number of hydrogen-bond acceptors (Lipinski definition) is 5. The molecule has 2 heterocycles. The van der Waals surface area contributed by atoms with Crippen LogP contribution >= 0.6 is 22.9 Å². The van der Waals surface area contributed by atoms with Gasteiger partial charge in [-0.1, -0.05) is 11.6 Å². The molecule has 0 bridgehead atoms. The van der Waals surface area contributed by atoms with Crippen molar-refractivity contribution >= 4 is 22.9 Å². The molecule has 1 aliphatic rings. The molecule has 0 aromatic carbocycles. The van der Waals surface area contributed by atoms with E-state index in [0.717, 1.165) is 22.1 Å². The molecule has 1 unspecified atom stereocenters. The van der Waals surface area contributed by atoms with Gasteiger partial charge in [0.2, 0.25) is 0 Å². The fraction of sp³-hybridized carbons (Fsp3) is 0.667. The summed E-state index contributed by atoms with van der Waals surface area (Å²) in [5.74, 6) is 5.75. The fourth-order valence-corrected chi connectivity index (χ4v) is 3.73. The normalized spacial score (nSPS) is 20.8. The topological polar surface area (TPSA) is 56.5 Å². The van der Waals surface area contributed by atoms with Gasteiger partial charge in [0.15, 0.2) is 0 Å². The quantitative estimate of drug-likeness (QED) is 0.646. The highest BCUT2D eigenvalue weighted by atomic mass is 35.5. The van der Waals surface area contributed by atoms with E-state index in [4.69, 9.17) is 26.9 Å². The van der Waals surface area contributed by atoms with Crippen molar-refractivity contribution in [1.29, 1.82) is 0 Å². The Kier molecular flexibility index (Phi) is 5.00. The average molecular weight is 291 g/mol. The number of hydrazine groups is 1. The lowest BCUT2D eigenvalue weighted by Crippen LogP contribution is -2.51. The minimum atomic E-state index is -0.296. The molecule has 1 fully saturated rings. The Balaban J connectivity index is 2.26. The Labute approximate surface area is 116 Å². The van der Waals surface area contributed by atoms with Gasteiger partial charge in [0.1, 0.15) is 0 Å². The van der Waals surface area contributed by atoms with E-state index in [9.17, 15) is 0 Å². The van der Waals surface area contributed by atoms with Crippen LogP contribution in [0.3, 0.4) is 0 Å². The van der Waals surface area contributed by atoms with Gasteiger partial charge >= 0.3 is 0 Å². The third kappa shape index (κ3) is 2.87. The summed E-state index contributed by atoms with van der Waals surface area (Å²) in [7, 11) is 0. The second-order valence-electron chi connectivity index (χ2n) is 4.35. The molecule has 1 aliphatic heterocycles. The zero-order chi connectivity index (χ0) is 13.0. The van der Waals surface area contributed by atoms with E-state index >= 15 is 0 Å². The molecule has 0 aliphatic carbocycles. The lowest BCUT2D eigenvalue weighted by atomic mass is 9.85. The highest BCUT2D eigenvalue weighted by Crippen LogP contribution is 2.40. The summed E-state index contributed by atoms with van der Waals surface area (Å²) >= 11 is 7.55. The molecule has 1 saturated heterocycles. The molecule has 4 nitrogen and oxygen atoms in total. The van der Waals surface area contributed by atoms with E-state index in [-0.39, 0.29) is 11.6 Å². The first-order valence-electron chi connectivity index (χ1n) is 6.15. The fourth-order valence-electron chi connectivity index (χ4n) is 2.50. The van der Waals surface area contributed by atoms with Crippen molar-refractivity contribution < 1.29 is 9.47 Å². The zero-order valence-corrected chi connectivity index (χ0v) is 12.0. The van der Waals surface area contributed by atoms with Gasteiger partial charge in [0.05, 0.1) is 16.0 Å². The van der Waals surface area contributed by atoms with Crippen molar-refractivity contribution in [2.24, 2.45) is 5.84 Å². The van der Waals surface area contributed by atoms with Gasteiger partial charge in [-0.15, -0.1) is 11.3 Å². The Hall–Kier alpha value is -0.170. The van der Waals surface area contributed by atoms with Gasteiger partial charge in [-0.25, -0.2) is 5.43 Å². The van der Waals surface area contributed by atoms with Gasteiger partial charge < -0.3 is 9.47 Å². The second-order valence-corrected chi connectivity index (χ2v) is 6.10. The minimum Gasteiger partial charge on any atom is -0.381 e. The summed E-state index contributed by atoms with van der Waals surface area (Å²) in [6.45, 7) is 4.08. The molecule has 102 valence electrons. The molecular weight excluding hydrogens is 272 g/mol. The molecule has 1 aromatic heterocycles. The van der Waals surface area contributed by atoms with E-state index in [0.29, 0.717) is 19.8 Å². The van der Waals surface area contributed by atoms with Crippen LogP contribution in [-0.4, -0.2) is 25.4 Å². The molecule has 3 N–H and O–H groups in total. The summed E-state index contributed by atoms with van der Waals surface area (Å²) in [6, 6.07) is 3.86. The maximum Gasteiger partial charge on any atom is 0.0940 e.